The number of fused-ring (bicyclic) bond motifs is 1. The predicted octanol–water partition coefficient (Wildman–Crippen LogP) is 7.97. The number of nitrogens with zero attached hydrogens (tertiary/aromatic N) is 5. The van der Waals surface area contributed by atoms with E-state index in [0.717, 1.165) is 22.4 Å². The fourth-order valence-electron chi connectivity index (χ4n) is 8.35. The number of aryl methyl sites for hydroxylation is 1. The summed E-state index contributed by atoms with van der Waals surface area (Å²) >= 11 is 2.58. The molecule has 1 fully saturated rings. The third-order valence-corrected chi connectivity index (χ3v) is 14.5. The number of methoxy groups -OCH3 is 2. The molecule has 3 atom stereocenters. The van der Waals surface area contributed by atoms with Crippen LogP contribution >= 0.6 is 23.5 Å². The molecule has 7 aromatic rings. The van der Waals surface area contributed by atoms with Gasteiger partial charge in [-0.15, -0.1) is 16.9 Å². The molecule has 0 saturated carbocycles. The smallest absolute Gasteiger partial charge is 0.356 e. The van der Waals surface area contributed by atoms with Gasteiger partial charge in [-0.1, -0.05) is 157 Å². The Kier molecular flexibility index (Phi) is 14.9. The van der Waals surface area contributed by atoms with Gasteiger partial charge in [0.05, 0.1) is 7.11 Å². The molecule has 3 heterocycles. The van der Waals surface area contributed by atoms with Gasteiger partial charge in [-0.05, 0) is 73.6 Å². The first kappa shape index (κ1) is 48.3. The third-order valence-electron chi connectivity index (χ3n) is 12.0. The zero-order valence-corrected chi connectivity index (χ0v) is 40.5. The van der Waals surface area contributed by atoms with Crippen molar-refractivity contribution < 1.29 is 42.9 Å². The lowest BCUT2D eigenvalue weighted by Gasteiger charge is -2.56. The van der Waals surface area contributed by atoms with Crippen molar-refractivity contribution in [1.82, 2.24) is 30.4 Å². The summed E-state index contributed by atoms with van der Waals surface area (Å²) in [4.78, 5) is 60.9. The van der Waals surface area contributed by atoms with E-state index in [2.05, 4.69) is 20.8 Å². The van der Waals surface area contributed by atoms with Gasteiger partial charge < -0.3 is 29.0 Å². The van der Waals surface area contributed by atoms with Crippen molar-refractivity contribution in [2.24, 2.45) is 7.05 Å². The fourth-order valence-corrected chi connectivity index (χ4v) is 10.8. The average Bonchev–Trinajstić information content (AvgIpc) is 3.84. The quantitative estimate of drug-likeness (QED) is 0.0272. The van der Waals surface area contributed by atoms with Crippen LogP contribution in [0.4, 0.5) is 0 Å². The summed E-state index contributed by atoms with van der Waals surface area (Å²) in [6.45, 7) is 0.250. The second kappa shape index (κ2) is 21.9. The fraction of sp³-hybridized carbons (Fsp3) is 0.204. The Labute approximate surface area is 418 Å². The Hall–Kier alpha value is -7.73. The van der Waals surface area contributed by atoms with E-state index in [1.54, 1.807) is 38.4 Å². The van der Waals surface area contributed by atoms with E-state index < -0.39 is 53.0 Å². The highest BCUT2D eigenvalue weighted by atomic mass is 32.2. The van der Waals surface area contributed by atoms with E-state index in [0.29, 0.717) is 27.6 Å². The molecule has 1 saturated heterocycles. The molecule has 6 aromatic carbocycles. The van der Waals surface area contributed by atoms with Crippen molar-refractivity contribution >= 4 is 47.3 Å². The largest absolute Gasteiger partial charge is 0.497 e. The third kappa shape index (κ3) is 10.4. The molecule has 17 heteroatoms. The Morgan fingerprint density at radius 3 is 1.76 bits per heavy atom. The predicted molar refractivity (Wildman–Crippen MR) is 266 cm³/mol. The zero-order chi connectivity index (χ0) is 49.3. The van der Waals surface area contributed by atoms with Crippen LogP contribution in [-0.4, -0.2) is 85.7 Å². The van der Waals surface area contributed by atoms with Gasteiger partial charge in [-0.3, -0.25) is 19.3 Å². The van der Waals surface area contributed by atoms with E-state index in [1.165, 1.54) is 40.2 Å². The zero-order valence-electron chi connectivity index (χ0n) is 38.8. The normalized spacial score (nSPS) is 16.7. The van der Waals surface area contributed by atoms with Crippen LogP contribution < -0.4 is 14.8 Å². The molecule has 2 aliphatic heterocycles. The maximum Gasteiger partial charge on any atom is 0.356 e. The summed E-state index contributed by atoms with van der Waals surface area (Å²) in [5.41, 5.74) is 2.55. The van der Waals surface area contributed by atoms with Gasteiger partial charge in [0, 0.05) is 25.7 Å². The van der Waals surface area contributed by atoms with Crippen molar-refractivity contribution in [3.8, 4) is 11.5 Å². The summed E-state index contributed by atoms with van der Waals surface area (Å²) in [7, 11) is 4.60. The molecule has 2 aliphatic rings. The summed E-state index contributed by atoms with van der Waals surface area (Å²) in [5.74, 6) is -3.18. The van der Waals surface area contributed by atoms with Gasteiger partial charge in [-0.2, -0.15) is 0 Å². The molecule has 71 heavy (non-hydrogen) atoms. The van der Waals surface area contributed by atoms with Crippen molar-refractivity contribution in [3.63, 3.8) is 0 Å². The van der Waals surface area contributed by atoms with Crippen LogP contribution in [0.2, 0.25) is 0 Å². The molecule has 0 radical (unpaired) electrons. The summed E-state index contributed by atoms with van der Waals surface area (Å²) in [6.07, 6.45) is -1.71. The number of ether oxygens (including phenoxy) is 5. The molecule has 15 nitrogen and oxygen atoms in total. The van der Waals surface area contributed by atoms with Crippen molar-refractivity contribution in [1.29, 1.82) is 0 Å². The first-order valence-electron chi connectivity index (χ1n) is 22.5. The van der Waals surface area contributed by atoms with Crippen LogP contribution in [0.1, 0.15) is 51.5 Å². The second-order valence-electron chi connectivity index (χ2n) is 16.5. The van der Waals surface area contributed by atoms with E-state index in [1.807, 2.05) is 146 Å². The minimum Gasteiger partial charge on any atom is -0.497 e. The summed E-state index contributed by atoms with van der Waals surface area (Å²) in [5, 5.41) is 14.1. The van der Waals surface area contributed by atoms with Crippen LogP contribution in [0.5, 0.6) is 11.5 Å². The van der Waals surface area contributed by atoms with Gasteiger partial charge in [0.1, 0.15) is 29.2 Å². The van der Waals surface area contributed by atoms with Crippen molar-refractivity contribution in [2.45, 2.75) is 41.0 Å². The minimum absolute atomic E-state index is 0.00918. The highest BCUT2D eigenvalue weighted by Crippen LogP contribution is 2.48. The number of carbonyl (C=O) groups excluding carboxylic acids is 4. The molecular formula is C54H48N6O9S2. The number of carbonyl (C=O) groups is 4. The lowest BCUT2D eigenvalue weighted by atomic mass is 9.93. The monoisotopic (exact) mass is 988 g/mol. The van der Waals surface area contributed by atoms with Gasteiger partial charge >= 0.3 is 11.9 Å². The number of aromatic nitrogens is 4. The molecular weight excluding hydrogens is 941 g/mol. The number of hydrogen-bond acceptors (Lipinski definition) is 14. The number of hydrogen-bond donors (Lipinski definition) is 1. The number of rotatable bonds is 19. The molecule has 9 rings (SSSR count). The molecule has 0 aliphatic carbocycles. The van der Waals surface area contributed by atoms with E-state index in [9.17, 15) is 14.4 Å². The number of esters is 2. The first-order valence-corrected chi connectivity index (χ1v) is 24.6. The summed E-state index contributed by atoms with van der Waals surface area (Å²) in [6, 6.07) is 51.1. The average molecular weight is 989 g/mol. The van der Waals surface area contributed by atoms with Crippen LogP contribution in [0.25, 0.3) is 0 Å². The number of amides is 2. The van der Waals surface area contributed by atoms with Crippen molar-refractivity contribution in [2.75, 3.05) is 25.7 Å². The molecule has 2 amide bonds. The number of tetrazole rings is 1. The topological polar surface area (TPSA) is 173 Å². The van der Waals surface area contributed by atoms with Crippen molar-refractivity contribution in [3.05, 3.63) is 215 Å². The molecule has 1 aromatic heterocycles. The SMILES string of the molecule is COc1ccc(COc2ccc(C(C(=O)N[C@]3(OC)C(=O)N4C(C(=O)OC(c5ccccc5)c5ccccc5)=C(CSc5nnnn5C)CS[C@H]43)C(=O)OC(c3ccccc3)c3ccccc3)cc2)cc1. The molecule has 0 bridgehead atoms. The van der Waals surface area contributed by atoms with Crippen LogP contribution in [0, 0.1) is 0 Å². The lowest BCUT2D eigenvalue weighted by Crippen LogP contribution is -2.81. The maximum atomic E-state index is 15.0. The maximum absolute atomic E-state index is 15.0. The number of thioether (sulfide) groups is 2. The Bertz CT molecular complexity index is 2920. The Morgan fingerprint density at radius 2 is 1.25 bits per heavy atom. The molecule has 0 spiro atoms. The number of benzene rings is 6. The van der Waals surface area contributed by atoms with E-state index >= 15 is 4.79 Å². The molecule has 360 valence electrons. The second-order valence-corrected chi connectivity index (χ2v) is 18.5. The van der Waals surface area contributed by atoms with Crippen LogP contribution in [0.3, 0.4) is 0 Å². The lowest BCUT2D eigenvalue weighted by molar-refractivity contribution is -0.194. The Balaban J connectivity index is 1.03. The van der Waals surface area contributed by atoms with E-state index in [-0.39, 0.29) is 29.4 Å². The van der Waals surface area contributed by atoms with Gasteiger partial charge in [0.2, 0.25) is 11.1 Å². The van der Waals surface area contributed by atoms with Gasteiger partial charge in [0.25, 0.3) is 11.6 Å². The Morgan fingerprint density at radius 1 is 0.718 bits per heavy atom. The number of nitrogens with one attached hydrogen (secondary N) is 1. The molecule has 1 unspecified atom stereocenters. The standard InChI is InChI=1S/C54H48N6O9S2/c1-59-53(56-57-58-59)71-34-41-33-70-52-54(66-3,51(64)60(52)45(41)50(63)69-47(39-20-12-6-13-21-39)40-22-14-7-15-23-40)55-48(61)44(36-26-30-43(31-27-36)67-32-35-24-28-42(65-2)29-25-35)49(62)68-46(37-16-8-4-9-17-37)38-18-10-5-11-19-38/h4-31,44,46-47,52H,32-34H2,1-3H3,(H,55,61)/t44?,52-,54-/m0/s1. The van der Waals surface area contributed by atoms with E-state index in [4.69, 9.17) is 23.7 Å². The summed E-state index contributed by atoms with van der Waals surface area (Å²) < 4.78 is 31.6. The van der Waals surface area contributed by atoms with Gasteiger partial charge in [0.15, 0.2) is 18.1 Å². The first-order chi connectivity index (χ1) is 34.7. The minimum atomic E-state index is -2.02. The highest BCUT2D eigenvalue weighted by Gasteiger charge is 2.67. The number of β-lactam (4-membered cyclic amide) rings is 1. The highest BCUT2D eigenvalue weighted by molar-refractivity contribution is 8.01. The van der Waals surface area contributed by atoms with Crippen LogP contribution in [-0.2, 0) is 47.0 Å². The van der Waals surface area contributed by atoms with Gasteiger partial charge in [-0.25, -0.2) is 9.48 Å². The van der Waals surface area contributed by atoms with Crippen LogP contribution in [0.15, 0.2) is 186 Å². The molecule has 1 N–H and O–H groups in total.